The van der Waals surface area contributed by atoms with Gasteiger partial charge in [-0.3, -0.25) is 0 Å². The van der Waals surface area contributed by atoms with E-state index in [-0.39, 0.29) is 11.3 Å². The Hall–Kier alpha value is -2.18. The molecule has 0 unspecified atom stereocenters. The van der Waals surface area contributed by atoms with Crippen LogP contribution in [0.15, 0.2) is 35.7 Å². The van der Waals surface area contributed by atoms with E-state index in [1.807, 2.05) is 17.5 Å². The van der Waals surface area contributed by atoms with Crippen LogP contribution in [0.1, 0.15) is 10.4 Å². The molecule has 0 bridgehead atoms. The van der Waals surface area contributed by atoms with Crippen molar-refractivity contribution in [2.75, 3.05) is 12.4 Å². The van der Waals surface area contributed by atoms with Gasteiger partial charge in [-0.15, -0.1) is 11.3 Å². The molecular weight excluding hydrogens is 310 g/mol. The molecule has 3 rings (SSSR count). The maximum absolute atomic E-state index is 11.5. The second-order valence-corrected chi connectivity index (χ2v) is 5.43. The van der Waals surface area contributed by atoms with E-state index in [9.17, 15) is 4.79 Å². The first kappa shape index (κ1) is 13.8. The van der Waals surface area contributed by atoms with Crippen molar-refractivity contribution in [2.45, 2.75) is 0 Å². The normalized spacial score (nSPS) is 10.6. The molecular formula is C14H10ClN3O2S. The predicted molar refractivity (Wildman–Crippen MR) is 83.5 cm³/mol. The van der Waals surface area contributed by atoms with Crippen LogP contribution in [0.2, 0.25) is 5.28 Å². The molecule has 0 radical (unpaired) electrons. The second kappa shape index (κ2) is 5.67. The molecule has 2 aromatic heterocycles. The summed E-state index contributed by atoms with van der Waals surface area (Å²) in [6.45, 7) is 0. The van der Waals surface area contributed by atoms with Crippen molar-refractivity contribution < 1.29 is 9.53 Å². The number of ether oxygens (including phenoxy) is 1. The number of esters is 1. The van der Waals surface area contributed by atoms with E-state index in [2.05, 4.69) is 15.3 Å². The van der Waals surface area contributed by atoms with Crippen LogP contribution in [0.3, 0.4) is 0 Å². The topological polar surface area (TPSA) is 64.1 Å². The van der Waals surface area contributed by atoms with Gasteiger partial charge in [-0.2, -0.15) is 4.98 Å². The highest BCUT2D eigenvalue weighted by molar-refractivity contribution is 7.17. The summed E-state index contributed by atoms with van der Waals surface area (Å²) in [7, 11) is 1.35. The summed E-state index contributed by atoms with van der Waals surface area (Å²) in [5.74, 6) is 0.225. The third-order valence-corrected chi connectivity index (χ3v) is 3.90. The number of carbonyl (C=O) groups excluding carboxylic acids is 1. The number of nitrogens with one attached hydrogen (secondary N) is 1. The summed E-state index contributed by atoms with van der Waals surface area (Å²) >= 11 is 7.44. The van der Waals surface area contributed by atoms with E-state index in [1.165, 1.54) is 18.4 Å². The highest BCUT2D eigenvalue weighted by Gasteiger charge is 2.10. The highest BCUT2D eigenvalue weighted by atomic mass is 35.5. The molecule has 0 aliphatic heterocycles. The van der Waals surface area contributed by atoms with Crippen molar-refractivity contribution in [3.8, 4) is 0 Å². The molecule has 0 saturated heterocycles. The van der Waals surface area contributed by atoms with Gasteiger partial charge in [-0.25, -0.2) is 9.78 Å². The minimum atomic E-state index is -0.388. The van der Waals surface area contributed by atoms with Gasteiger partial charge in [-0.05, 0) is 41.2 Å². The lowest BCUT2D eigenvalue weighted by Gasteiger charge is -2.08. The number of benzene rings is 1. The monoisotopic (exact) mass is 319 g/mol. The number of hydrogen-bond donors (Lipinski definition) is 1. The summed E-state index contributed by atoms with van der Waals surface area (Å²) < 4.78 is 5.61. The van der Waals surface area contributed by atoms with Crippen molar-refractivity contribution in [3.05, 3.63) is 46.6 Å². The van der Waals surface area contributed by atoms with E-state index in [4.69, 9.17) is 16.3 Å². The van der Waals surface area contributed by atoms with Crippen LogP contribution in [0.4, 0.5) is 11.5 Å². The first-order valence-corrected chi connectivity index (χ1v) is 7.29. The quantitative estimate of drug-likeness (QED) is 0.586. The Morgan fingerprint density at radius 1 is 1.33 bits per heavy atom. The first-order valence-electron chi connectivity index (χ1n) is 6.03. The number of aromatic nitrogens is 2. The average Bonchev–Trinajstić information content (AvgIpc) is 2.95. The third kappa shape index (κ3) is 2.81. The fraction of sp³-hybridized carbons (Fsp3) is 0.0714. The van der Waals surface area contributed by atoms with E-state index in [1.54, 1.807) is 18.2 Å². The van der Waals surface area contributed by atoms with Gasteiger partial charge < -0.3 is 10.1 Å². The molecule has 1 N–H and O–H groups in total. The van der Waals surface area contributed by atoms with Crippen molar-refractivity contribution in [1.29, 1.82) is 0 Å². The Bertz CT molecular complexity index is 819. The predicted octanol–water partition coefficient (Wildman–Crippen LogP) is 3.87. The number of anilines is 2. The van der Waals surface area contributed by atoms with Gasteiger partial charge in [0.15, 0.2) is 5.82 Å². The van der Waals surface area contributed by atoms with E-state index >= 15 is 0 Å². The van der Waals surface area contributed by atoms with E-state index < -0.39 is 0 Å². The van der Waals surface area contributed by atoms with Gasteiger partial charge in [0, 0.05) is 5.69 Å². The maximum Gasteiger partial charge on any atom is 0.337 e. The molecule has 2 heterocycles. The van der Waals surface area contributed by atoms with Crippen LogP contribution in [-0.2, 0) is 4.74 Å². The Morgan fingerprint density at radius 2 is 2.19 bits per heavy atom. The largest absolute Gasteiger partial charge is 0.465 e. The highest BCUT2D eigenvalue weighted by Crippen LogP contribution is 2.29. The minimum Gasteiger partial charge on any atom is -0.465 e. The Balaban J connectivity index is 1.99. The van der Waals surface area contributed by atoms with Crippen LogP contribution in [0.25, 0.3) is 10.2 Å². The van der Waals surface area contributed by atoms with Crippen molar-refractivity contribution in [2.24, 2.45) is 0 Å². The van der Waals surface area contributed by atoms with Crippen LogP contribution >= 0.6 is 22.9 Å². The molecule has 21 heavy (non-hydrogen) atoms. The first-order chi connectivity index (χ1) is 10.2. The molecule has 0 amide bonds. The molecule has 0 spiro atoms. The number of carbonyl (C=O) groups is 1. The maximum atomic E-state index is 11.5. The van der Waals surface area contributed by atoms with Crippen molar-refractivity contribution in [1.82, 2.24) is 9.97 Å². The molecule has 5 nitrogen and oxygen atoms in total. The number of thiophene rings is 1. The Kier molecular flexibility index (Phi) is 3.72. The molecule has 3 aromatic rings. The zero-order chi connectivity index (χ0) is 14.8. The van der Waals surface area contributed by atoms with Crippen LogP contribution in [0.5, 0.6) is 0 Å². The van der Waals surface area contributed by atoms with Gasteiger partial charge in [0.05, 0.1) is 22.9 Å². The number of halogens is 1. The lowest BCUT2D eigenvalue weighted by atomic mass is 10.2. The molecule has 0 aliphatic rings. The van der Waals surface area contributed by atoms with Gasteiger partial charge in [0.1, 0.15) is 0 Å². The standard InChI is InChI=1S/C14H10ClN3O2S/c1-20-13(19)8-3-2-4-9(7-8)16-12-11-10(5-6-21-11)17-14(15)18-12/h2-7H,1H3,(H,16,17,18). The number of nitrogens with zero attached hydrogens (tertiary/aromatic N) is 2. The number of fused-ring (bicyclic) bond motifs is 1. The third-order valence-electron chi connectivity index (χ3n) is 2.82. The van der Waals surface area contributed by atoms with Gasteiger partial charge in [-0.1, -0.05) is 6.07 Å². The zero-order valence-electron chi connectivity index (χ0n) is 11.0. The van der Waals surface area contributed by atoms with Gasteiger partial charge in [0.2, 0.25) is 5.28 Å². The van der Waals surface area contributed by atoms with Crippen LogP contribution in [0, 0.1) is 0 Å². The Morgan fingerprint density at radius 3 is 3.00 bits per heavy atom. The molecule has 0 atom stereocenters. The molecule has 0 aliphatic carbocycles. The smallest absolute Gasteiger partial charge is 0.337 e. The van der Waals surface area contributed by atoms with Crippen molar-refractivity contribution >= 4 is 50.6 Å². The van der Waals surface area contributed by atoms with Crippen LogP contribution in [-0.4, -0.2) is 23.0 Å². The fourth-order valence-electron chi connectivity index (χ4n) is 1.90. The number of methoxy groups -OCH3 is 1. The summed E-state index contributed by atoms with van der Waals surface area (Å²) in [4.78, 5) is 19.9. The molecule has 7 heteroatoms. The summed E-state index contributed by atoms with van der Waals surface area (Å²) in [5.41, 5.74) is 1.97. The molecule has 106 valence electrons. The number of rotatable bonds is 3. The summed E-state index contributed by atoms with van der Waals surface area (Å²) in [6, 6.07) is 8.86. The number of hydrogen-bond acceptors (Lipinski definition) is 6. The van der Waals surface area contributed by atoms with Crippen LogP contribution < -0.4 is 5.32 Å². The minimum absolute atomic E-state index is 0.174. The summed E-state index contributed by atoms with van der Waals surface area (Å²) in [6.07, 6.45) is 0. The van der Waals surface area contributed by atoms with Gasteiger partial charge >= 0.3 is 5.97 Å². The average molecular weight is 320 g/mol. The van der Waals surface area contributed by atoms with Crippen molar-refractivity contribution in [3.63, 3.8) is 0 Å². The zero-order valence-corrected chi connectivity index (χ0v) is 12.5. The SMILES string of the molecule is COC(=O)c1cccc(Nc2nc(Cl)nc3ccsc23)c1. The van der Waals surface area contributed by atoms with E-state index in [0.717, 1.165) is 15.9 Å². The Labute approximate surface area is 129 Å². The summed E-state index contributed by atoms with van der Waals surface area (Å²) in [5, 5.41) is 5.26. The molecule has 1 aromatic carbocycles. The lowest BCUT2D eigenvalue weighted by Crippen LogP contribution is -2.02. The molecule has 0 saturated carbocycles. The fourth-order valence-corrected chi connectivity index (χ4v) is 2.85. The molecule has 0 fully saturated rings. The lowest BCUT2D eigenvalue weighted by molar-refractivity contribution is 0.0601. The van der Waals surface area contributed by atoms with E-state index in [0.29, 0.717) is 11.4 Å². The van der Waals surface area contributed by atoms with Gasteiger partial charge in [0.25, 0.3) is 0 Å². The second-order valence-electron chi connectivity index (χ2n) is 4.17.